The van der Waals surface area contributed by atoms with E-state index in [0.29, 0.717) is 51.6 Å². The number of aliphatic hydroxyl groups is 1. The van der Waals surface area contributed by atoms with Gasteiger partial charge in [0.05, 0.1) is 11.2 Å². The van der Waals surface area contributed by atoms with Crippen LogP contribution in [0, 0.1) is 24.2 Å². The third-order valence-corrected chi connectivity index (χ3v) is 6.89. The number of nitrogens with zero attached hydrogens (tertiary/aromatic N) is 1. The van der Waals surface area contributed by atoms with Crippen LogP contribution in [0.3, 0.4) is 0 Å². The molecule has 4 aromatic rings. The van der Waals surface area contributed by atoms with Gasteiger partial charge in [0.2, 0.25) is 5.76 Å². The Balaban J connectivity index is 1.37. The molecule has 1 atom stereocenters. The van der Waals surface area contributed by atoms with Crippen molar-refractivity contribution in [1.82, 2.24) is 4.98 Å². The number of carbonyl (C=O) groups excluding carboxylic acids is 1. The van der Waals surface area contributed by atoms with Crippen LogP contribution in [0.2, 0.25) is 5.02 Å². The number of benzene rings is 2. The van der Waals surface area contributed by atoms with Crippen molar-refractivity contribution in [3.05, 3.63) is 101 Å². The van der Waals surface area contributed by atoms with Gasteiger partial charge in [-0.05, 0) is 50.8 Å². The number of nitrogens with one attached hydrogen (secondary N) is 1. The summed E-state index contributed by atoms with van der Waals surface area (Å²) < 4.78 is 22.9. The number of oxazole rings is 1. The highest BCUT2D eigenvalue weighted by Crippen LogP contribution is 2.55. The highest BCUT2D eigenvalue weighted by molar-refractivity contribution is 6.31. The Morgan fingerprint density at radius 1 is 1.15 bits per heavy atom. The summed E-state index contributed by atoms with van der Waals surface area (Å²) in [4.78, 5) is 17.1. The maximum atomic E-state index is 12.8. The SMILES string of the molecule is C=C(O)C1(C(=C)Oc2nc(C#Cc3oc4ccccc4c3NC(=O)OC(C)c3ccccc3Cl)oc2C)CC1. The van der Waals surface area contributed by atoms with E-state index in [1.807, 2.05) is 18.2 Å². The zero-order chi connectivity index (χ0) is 27.7. The van der Waals surface area contributed by atoms with Crippen LogP contribution in [0.1, 0.15) is 48.8 Å². The number of aromatic nitrogens is 1. The predicted molar refractivity (Wildman–Crippen MR) is 147 cm³/mol. The summed E-state index contributed by atoms with van der Waals surface area (Å²) in [5.41, 5.74) is 0.908. The van der Waals surface area contributed by atoms with Crippen molar-refractivity contribution in [2.45, 2.75) is 32.8 Å². The van der Waals surface area contributed by atoms with Crippen LogP contribution in [0.4, 0.5) is 10.5 Å². The first-order valence-corrected chi connectivity index (χ1v) is 12.5. The lowest BCUT2D eigenvalue weighted by Crippen LogP contribution is -2.16. The van der Waals surface area contributed by atoms with Crippen LogP contribution >= 0.6 is 11.6 Å². The molecule has 1 amide bonds. The number of para-hydroxylation sites is 1. The molecule has 2 aromatic carbocycles. The van der Waals surface area contributed by atoms with Gasteiger partial charge in [0.15, 0.2) is 5.76 Å². The number of aryl methyl sites for hydroxylation is 1. The van der Waals surface area contributed by atoms with Crippen LogP contribution in [0.25, 0.3) is 11.0 Å². The Kier molecular flexibility index (Phi) is 6.85. The van der Waals surface area contributed by atoms with Crippen molar-refractivity contribution in [3.8, 4) is 17.7 Å². The topological polar surface area (TPSA) is 107 Å². The van der Waals surface area contributed by atoms with Gasteiger partial charge >= 0.3 is 6.09 Å². The molecule has 1 unspecified atom stereocenters. The number of hydrogen-bond acceptors (Lipinski definition) is 7. The second-order valence-electron chi connectivity index (χ2n) is 9.18. The average molecular weight is 545 g/mol. The average Bonchev–Trinajstić information content (AvgIpc) is 3.56. The molecule has 1 saturated carbocycles. The lowest BCUT2D eigenvalue weighted by atomic mass is 10.0. The molecular weight excluding hydrogens is 520 g/mol. The zero-order valence-corrected chi connectivity index (χ0v) is 22.1. The first-order chi connectivity index (χ1) is 18.7. The standard InChI is InChI=1S/C30H25ClN2O6/c1-17(21-9-5-7-11-23(21)31)37-29(35)33-27-22-10-6-8-12-24(22)39-25(27)13-14-26-32-28(18(2)36-26)38-20(4)30(15-16-30)19(3)34/h5-12,17,34H,3-4,15-16H2,1-2H3,(H,33,35). The molecule has 2 N–H and O–H groups in total. The van der Waals surface area contributed by atoms with Crippen LogP contribution in [-0.2, 0) is 4.74 Å². The molecule has 0 radical (unpaired) electrons. The van der Waals surface area contributed by atoms with Gasteiger partial charge in [-0.2, -0.15) is 4.98 Å². The van der Waals surface area contributed by atoms with E-state index in [1.165, 1.54) is 0 Å². The normalized spacial score (nSPS) is 14.1. The number of carbonyl (C=O) groups is 1. The molecule has 5 rings (SSSR count). The zero-order valence-electron chi connectivity index (χ0n) is 21.3. The van der Waals surface area contributed by atoms with E-state index in [0.717, 1.165) is 0 Å². The molecule has 198 valence electrons. The van der Waals surface area contributed by atoms with E-state index in [9.17, 15) is 9.90 Å². The summed E-state index contributed by atoms with van der Waals surface area (Å²) in [7, 11) is 0. The lowest BCUT2D eigenvalue weighted by molar-refractivity contribution is 0.121. The molecule has 0 spiro atoms. The molecule has 1 fully saturated rings. The second kappa shape index (κ2) is 10.3. The highest BCUT2D eigenvalue weighted by atomic mass is 35.5. The van der Waals surface area contributed by atoms with E-state index in [1.54, 1.807) is 44.2 Å². The minimum absolute atomic E-state index is 0.0124. The number of amides is 1. The molecule has 2 heterocycles. The number of ether oxygens (including phenoxy) is 2. The summed E-state index contributed by atoms with van der Waals surface area (Å²) in [6.07, 6.45) is 0.114. The first-order valence-electron chi connectivity index (χ1n) is 12.2. The second-order valence-corrected chi connectivity index (χ2v) is 9.59. The van der Waals surface area contributed by atoms with Gasteiger partial charge in [0, 0.05) is 21.9 Å². The van der Waals surface area contributed by atoms with Gasteiger partial charge in [-0.3, -0.25) is 5.32 Å². The van der Waals surface area contributed by atoms with E-state index < -0.39 is 17.6 Å². The Morgan fingerprint density at radius 2 is 1.87 bits per heavy atom. The fourth-order valence-corrected chi connectivity index (χ4v) is 4.42. The minimum atomic E-state index is -0.697. The molecule has 9 heteroatoms. The molecule has 1 aliphatic carbocycles. The highest BCUT2D eigenvalue weighted by Gasteiger charge is 2.50. The largest absolute Gasteiger partial charge is 0.512 e. The molecule has 2 aromatic heterocycles. The molecular formula is C30H25ClN2O6. The monoisotopic (exact) mass is 544 g/mol. The maximum Gasteiger partial charge on any atom is 0.412 e. The van der Waals surface area contributed by atoms with E-state index in [4.69, 9.17) is 29.9 Å². The molecule has 0 saturated heterocycles. The lowest BCUT2D eigenvalue weighted by Gasteiger charge is -2.16. The Morgan fingerprint density at radius 3 is 2.59 bits per heavy atom. The van der Waals surface area contributed by atoms with Crippen molar-refractivity contribution < 1.29 is 28.2 Å². The Labute approximate surface area is 229 Å². The van der Waals surface area contributed by atoms with E-state index in [2.05, 4.69) is 35.3 Å². The van der Waals surface area contributed by atoms with Crippen molar-refractivity contribution >= 4 is 34.4 Å². The fraction of sp³-hybridized carbons (Fsp3) is 0.200. The van der Waals surface area contributed by atoms with Crippen molar-refractivity contribution in [3.63, 3.8) is 0 Å². The molecule has 1 aliphatic rings. The van der Waals surface area contributed by atoms with Crippen LogP contribution in [-0.4, -0.2) is 16.2 Å². The summed E-state index contributed by atoms with van der Waals surface area (Å²) in [6.45, 7) is 11.0. The van der Waals surface area contributed by atoms with Crippen LogP contribution in [0.5, 0.6) is 5.88 Å². The fourth-order valence-electron chi connectivity index (χ4n) is 4.13. The maximum absolute atomic E-state index is 12.8. The quantitative estimate of drug-likeness (QED) is 0.180. The number of furan rings is 1. The summed E-state index contributed by atoms with van der Waals surface area (Å²) in [5, 5.41) is 13.8. The number of fused-ring (bicyclic) bond motifs is 1. The van der Waals surface area contributed by atoms with Gasteiger partial charge in [-0.15, -0.1) is 0 Å². The van der Waals surface area contributed by atoms with Gasteiger partial charge in [-0.1, -0.05) is 55.1 Å². The predicted octanol–water partition coefficient (Wildman–Crippen LogP) is 7.84. The van der Waals surface area contributed by atoms with E-state index >= 15 is 0 Å². The molecule has 39 heavy (non-hydrogen) atoms. The van der Waals surface area contributed by atoms with Crippen LogP contribution in [0.15, 0.2) is 82.0 Å². The number of aliphatic hydroxyl groups excluding tert-OH is 1. The Bertz CT molecular complexity index is 1670. The van der Waals surface area contributed by atoms with Crippen LogP contribution < -0.4 is 10.1 Å². The smallest absolute Gasteiger partial charge is 0.412 e. The number of halogens is 1. The van der Waals surface area contributed by atoms with Gasteiger partial charge in [0.25, 0.3) is 11.8 Å². The first kappa shape index (κ1) is 26.0. The summed E-state index contributed by atoms with van der Waals surface area (Å²) in [5.74, 6) is 6.89. The summed E-state index contributed by atoms with van der Waals surface area (Å²) >= 11 is 6.24. The molecule has 8 nitrogen and oxygen atoms in total. The van der Waals surface area contributed by atoms with Gasteiger partial charge in [0.1, 0.15) is 23.1 Å². The third-order valence-electron chi connectivity index (χ3n) is 6.54. The van der Waals surface area contributed by atoms with Crippen molar-refractivity contribution in [2.75, 3.05) is 5.32 Å². The third kappa shape index (κ3) is 5.22. The van der Waals surface area contributed by atoms with E-state index in [-0.39, 0.29) is 23.3 Å². The number of anilines is 1. The number of rotatable bonds is 7. The van der Waals surface area contributed by atoms with Crippen molar-refractivity contribution in [2.24, 2.45) is 5.41 Å². The molecule has 0 aliphatic heterocycles. The molecule has 0 bridgehead atoms. The van der Waals surface area contributed by atoms with Gasteiger partial charge < -0.3 is 23.4 Å². The van der Waals surface area contributed by atoms with Gasteiger partial charge in [-0.25, -0.2) is 4.79 Å². The van der Waals surface area contributed by atoms with Crippen molar-refractivity contribution in [1.29, 1.82) is 0 Å². The Hall–Kier alpha value is -4.61. The minimum Gasteiger partial charge on any atom is -0.512 e. The number of hydrogen-bond donors (Lipinski definition) is 2. The summed E-state index contributed by atoms with van der Waals surface area (Å²) in [6, 6.07) is 14.3.